The van der Waals surface area contributed by atoms with Crippen LogP contribution in [0, 0.1) is 0 Å². The fraction of sp³-hybridized carbons (Fsp3) is 0.250. The van der Waals surface area contributed by atoms with E-state index < -0.39 is 0 Å². The summed E-state index contributed by atoms with van der Waals surface area (Å²) >= 11 is 0. The van der Waals surface area contributed by atoms with Gasteiger partial charge < -0.3 is 4.74 Å². The molecule has 1 amide bonds. The van der Waals surface area contributed by atoms with E-state index in [1.54, 1.807) is 11.1 Å². The average Bonchev–Trinajstić information content (AvgIpc) is 3.33. The molecule has 0 atom stereocenters. The second-order valence-electron chi connectivity index (χ2n) is 4.84. The number of carbonyl (C=O) groups excluding carboxylic acids is 1. The molecule has 0 saturated heterocycles. The molecule has 3 rings (SSSR count). The Morgan fingerprint density at radius 3 is 2.70 bits per heavy atom. The molecular weight excluding hydrogens is 252 g/mol. The van der Waals surface area contributed by atoms with E-state index in [1.165, 1.54) is 0 Å². The Balaban J connectivity index is 1.77. The third-order valence-electron chi connectivity index (χ3n) is 3.29. The van der Waals surface area contributed by atoms with Crippen LogP contribution in [0.25, 0.3) is 0 Å². The minimum atomic E-state index is 0.279. The Bertz CT molecular complexity index is 582. The zero-order valence-corrected chi connectivity index (χ0v) is 11.1. The summed E-state index contributed by atoms with van der Waals surface area (Å²) in [7, 11) is 0. The molecule has 1 aromatic carbocycles. The first-order chi connectivity index (χ1) is 9.88. The van der Waals surface area contributed by atoms with Gasteiger partial charge in [-0.15, -0.1) is 0 Å². The molecule has 4 nitrogen and oxygen atoms in total. The summed E-state index contributed by atoms with van der Waals surface area (Å²) in [5.74, 6) is 1.26. The molecule has 0 spiro atoms. The molecule has 0 radical (unpaired) electrons. The van der Waals surface area contributed by atoms with Gasteiger partial charge in [-0.25, -0.2) is 4.98 Å². The lowest BCUT2D eigenvalue weighted by Crippen LogP contribution is -2.25. The van der Waals surface area contributed by atoms with Crippen molar-refractivity contribution >= 4 is 12.2 Å². The number of aromatic nitrogens is 1. The van der Waals surface area contributed by atoms with Crippen molar-refractivity contribution in [1.82, 2.24) is 4.98 Å². The van der Waals surface area contributed by atoms with Crippen molar-refractivity contribution < 1.29 is 9.53 Å². The molecule has 0 aliphatic heterocycles. The molecule has 2 aromatic rings. The Hall–Kier alpha value is -2.36. The number of benzene rings is 1. The van der Waals surface area contributed by atoms with Gasteiger partial charge in [0.1, 0.15) is 6.61 Å². The maximum absolute atomic E-state index is 11.2. The smallest absolute Gasteiger partial charge is 0.215 e. The van der Waals surface area contributed by atoms with Crippen molar-refractivity contribution in [3.8, 4) is 5.75 Å². The largest absolute Gasteiger partial charge is 0.485 e. The van der Waals surface area contributed by atoms with Crippen LogP contribution in [0.5, 0.6) is 5.75 Å². The highest BCUT2D eigenvalue weighted by Gasteiger charge is 2.31. The van der Waals surface area contributed by atoms with Crippen LogP contribution in [-0.2, 0) is 11.4 Å². The highest BCUT2D eigenvalue weighted by molar-refractivity contribution is 5.77. The molecule has 1 fully saturated rings. The van der Waals surface area contributed by atoms with Gasteiger partial charge in [0, 0.05) is 12.2 Å². The molecule has 1 saturated carbocycles. The number of carbonyl (C=O) groups is 1. The van der Waals surface area contributed by atoms with Gasteiger partial charge in [-0.2, -0.15) is 0 Å². The maximum atomic E-state index is 11.2. The molecule has 1 aromatic heterocycles. The Labute approximate surface area is 118 Å². The first-order valence-corrected chi connectivity index (χ1v) is 6.74. The maximum Gasteiger partial charge on any atom is 0.215 e. The van der Waals surface area contributed by atoms with Crippen molar-refractivity contribution in [2.75, 3.05) is 4.90 Å². The number of hydrogen-bond donors (Lipinski definition) is 0. The van der Waals surface area contributed by atoms with E-state index in [2.05, 4.69) is 4.98 Å². The lowest BCUT2D eigenvalue weighted by Gasteiger charge is -2.18. The second-order valence-corrected chi connectivity index (χ2v) is 4.84. The SMILES string of the molecule is O=CN(c1ncccc1OCc1ccccc1)C1CC1. The fourth-order valence-corrected chi connectivity index (χ4v) is 2.09. The van der Waals surface area contributed by atoms with Gasteiger partial charge in [0.15, 0.2) is 11.6 Å². The molecule has 1 aliphatic carbocycles. The molecule has 4 heteroatoms. The number of rotatable bonds is 6. The first kappa shape index (κ1) is 12.7. The minimum absolute atomic E-state index is 0.279. The predicted molar refractivity (Wildman–Crippen MR) is 76.6 cm³/mol. The second kappa shape index (κ2) is 5.74. The van der Waals surface area contributed by atoms with Crippen LogP contribution >= 0.6 is 0 Å². The Morgan fingerprint density at radius 2 is 2.00 bits per heavy atom. The molecule has 0 N–H and O–H groups in total. The van der Waals surface area contributed by atoms with Crippen LogP contribution in [0.3, 0.4) is 0 Å². The number of ether oxygens (including phenoxy) is 1. The zero-order valence-electron chi connectivity index (χ0n) is 11.1. The molecular formula is C16H16N2O2. The summed E-state index contributed by atoms with van der Waals surface area (Å²) in [6, 6.07) is 13.9. The summed E-state index contributed by atoms with van der Waals surface area (Å²) in [6.07, 6.45) is 4.60. The molecule has 1 aliphatic rings. The molecule has 0 unspecified atom stereocenters. The van der Waals surface area contributed by atoms with Gasteiger partial charge in [-0.05, 0) is 30.5 Å². The molecule has 1 heterocycles. The minimum Gasteiger partial charge on any atom is -0.485 e. The highest BCUT2D eigenvalue weighted by atomic mass is 16.5. The van der Waals surface area contributed by atoms with Gasteiger partial charge in [0.05, 0.1) is 0 Å². The van der Waals surface area contributed by atoms with E-state index in [-0.39, 0.29) is 6.04 Å². The topological polar surface area (TPSA) is 42.4 Å². The third-order valence-corrected chi connectivity index (χ3v) is 3.29. The van der Waals surface area contributed by atoms with E-state index in [9.17, 15) is 4.79 Å². The van der Waals surface area contributed by atoms with Crippen LogP contribution in [0.2, 0.25) is 0 Å². The van der Waals surface area contributed by atoms with Crippen LogP contribution < -0.4 is 9.64 Å². The van der Waals surface area contributed by atoms with E-state index >= 15 is 0 Å². The van der Waals surface area contributed by atoms with E-state index in [0.717, 1.165) is 24.8 Å². The lowest BCUT2D eigenvalue weighted by atomic mass is 10.2. The predicted octanol–water partition coefficient (Wildman–Crippen LogP) is 2.79. The molecule has 0 bridgehead atoms. The first-order valence-electron chi connectivity index (χ1n) is 6.74. The summed E-state index contributed by atoms with van der Waals surface area (Å²) in [5.41, 5.74) is 1.09. The number of amides is 1. The number of nitrogens with zero attached hydrogens (tertiary/aromatic N) is 2. The van der Waals surface area contributed by atoms with Gasteiger partial charge in [-0.1, -0.05) is 30.3 Å². The van der Waals surface area contributed by atoms with Gasteiger partial charge in [0.2, 0.25) is 6.41 Å². The van der Waals surface area contributed by atoms with E-state index in [4.69, 9.17) is 4.74 Å². The van der Waals surface area contributed by atoms with Gasteiger partial charge in [-0.3, -0.25) is 9.69 Å². The summed E-state index contributed by atoms with van der Waals surface area (Å²) in [4.78, 5) is 17.2. The monoisotopic (exact) mass is 268 g/mol. The Morgan fingerprint density at radius 1 is 1.20 bits per heavy atom. The highest BCUT2D eigenvalue weighted by Crippen LogP contribution is 2.34. The van der Waals surface area contributed by atoms with E-state index in [0.29, 0.717) is 18.2 Å². The summed E-state index contributed by atoms with van der Waals surface area (Å²) < 4.78 is 5.82. The number of anilines is 1. The van der Waals surface area contributed by atoms with Crippen LogP contribution in [0.15, 0.2) is 48.7 Å². The van der Waals surface area contributed by atoms with Crippen LogP contribution in [0.4, 0.5) is 5.82 Å². The van der Waals surface area contributed by atoms with Crippen molar-refractivity contribution in [3.63, 3.8) is 0 Å². The van der Waals surface area contributed by atoms with Gasteiger partial charge in [0.25, 0.3) is 0 Å². The van der Waals surface area contributed by atoms with Crippen molar-refractivity contribution in [3.05, 3.63) is 54.2 Å². The Kier molecular flexibility index (Phi) is 3.63. The average molecular weight is 268 g/mol. The van der Waals surface area contributed by atoms with Crippen LogP contribution in [0.1, 0.15) is 18.4 Å². The van der Waals surface area contributed by atoms with Crippen molar-refractivity contribution in [1.29, 1.82) is 0 Å². The standard InChI is InChI=1S/C16H16N2O2/c19-12-18(14-8-9-14)16-15(7-4-10-17-16)20-11-13-5-2-1-3-6-13/h1-7,10,12,14H,8-9,11H2. The third kappa shape index (κ3) is 2.79. The van der Waals surface area contributed by atoms with Crippen molar-refractivity contribution in [2.45, 2.75) is 25.5 Å². The summed E-state index contributed by atoms with van der Waals surface area (Å²) in [5, 5.41) is 0. The lowest BCUT2D eigenvalue weighted by molar-refractivity contribution is -0.107. The quantitative estimate of drug-likeness (QED) is 0.757. The van der Waals surface area contributed by atoms with Gasteiger partial charge >= 0.3 is 0 Å². The number of pyridine rings is 1. The van der Waals surface area contributed by atoms with Crippen LogP contribution in [-0.4, -0.2) is 17.4 Å². The molecule has 102 valence electrons. The van der Waals surface area contributed by atoms with E-state index in [1.807, 2.05) is 42.5 Å². The normalized spacial score (nSPS) is 13.8. The fourth-order valence-electron chi connectivity index (χ4n) is 2.09. The molecule has 20 heavy (non-hydrogen) atoms. The summed E-state index contributed by atoms with van der Waals surface area (Å²) in [6.45, 7) is 0.469. The number of hydrogen-bond acceptors (Lipinski definition) is 3. The zero-order chi connectivity index (χ0) is 13.8. The van der Waals surface area contributed by atoms with Crippen molar-refractivity contribution in [2.24, 2.45) is 0 Å².